The standard InChI is InChI=1S/C16H27ClO4/c1-18-10-11-12-8-6-4-5-7-9-13(19-2)14(11)15(17)16(20-3)21-12/h11-13,16H,4-10H2,1-3H3/t11-,12+,13+,16-/m1/s1. The fraction of sp³-hybridized carbons (Fsp3) is 0.875. The Morgan fingerprint density at radius 3 is 2.38 bits per heavy atom. The molecule has 1 aliphatic carbocycles. The molecule has 2 bridgehead atoms. The van der Waals surface area contributed by atoms with Crippen LogP contribution in [0.4, 0.5) is 0 Å². The summed E-state index contributed by atoms with van der Waals surface area (Å²) in [5, 5.41) is 0.642. The third kappa shape index (κ3) is 3.99. The quantitative estimate of drug-likeness (QED) is 0.795. The van der Waals surface area contributed by atoms with Gasteiger partial charge in [0.1, 0.15) is 0 Å². The fourth-order valence-corrected chi connectivity index (χ4v) is 3.86. The normalized spacial score (nSPS) is 34.9. The second kappa shape index (κ2) is 8.49. The van der Waals surface area contributed by atoms with Crippen LogP contribution in [-0.2, 0) is 18.9 Å². The average molecular weight is 319 g/mol. The van der Waals surface area contributed by atoms with Gasteiger partial charge in [0.15, 0.2) is 6.29 Å². The minimum Gasteiger partial charge on any atom is -0.384 e. The van der Waals surface area contributed by atoms with E-state index in [2.05, 4.69) is 0 Å². The SMILES string of the molecule is COC[C@H]1C2=C(Cl)[C@H](OC)O[C@H]1CCCCCC[C@@H]2OC. The van der Waals surface area contributed by atoms with E-state index in [4.69, 9.17) is 30.5 Å². The van der Waals surface area contributed by atoms with Crippen LogP contribution in [-0.4, -0.2) is 46.4 Å². The maximum Gasteiger partial charge on any atom is 0.194 e. The molecule has 0 amide bonds. The summed E-state index contributed by atoms with van der Waals surface area (Å²) < 4.78 is 22.6. The molecule has 0 N–H and O–H groups in total. The Morgan fingerprint density at radius 2 is 1.76 bits per heavy atom. The minimum atomic E-state index is -0.475. The second-order valence-electron chi connectivity index (χ2n) is 5.82. The monoisotopic (exact) mass is 318 g/mol. The number of fused-ring (bicyclic) bond motifs is 2. The topological polar surface area (TPSA) is 36.9 Å². The summed E-state index contributed by atoms with van der Waals surface area (Å²) in [6.45, 7) is 0.604. The third-order valence-corrected chi connectivity index (χ3v) is 4.92. The number of methoxy groups -OCH3 is 3. The van der Waals surface area contributed by atoms with Crippen molar-refractivity contribution in [3.8, 4) is 0 Å². The van der Waals surface area contributed by atoms with Crippen molar-refractivity contribution in [2.24, 2.45) is 5.92 Å². The Bertz CT molecular complexity index is 358. The largest absolute Gasteiger partial charge is 0.384 e. The Balaban J connectivity index is 2.37. The molecular weight excluding hydrogens is 292 g/mol. The smallest absolute Gasteiger partial charge is 0.194 e. The summed E-state index contributed by atoms with van der Waals surface area (Å²) in [4.78, 5) is 0. The Hall–Kier alpha value is -0.130. The maximum absolute atomic E-state index is 6.57. The van der Waals surface area contributed by atoms with Gasteiger partial charge in [-0.2, -0.15) is 0 Å². The van der Waals surface area contributed by atoms with Crippen LogP contribution >= 0.6 is 11.6 Å². The number of rotatable bonds is 4. The van der Waals surface area contributed by atoms with E-state index in [9.17, 15) is 0 Å². The summed E-state index contributed by atoms with van der Waals surface area (Å²) in [6, 6.07) is 0. The van der Waals surface area contributed by atoms with Crippen LogP contribution in [0, 0.1) is 5.92 Å². The zero-order chi connectivity index (χ0) is 15.2. The highest BCUT2D eigenvalue weighted by Crippen LogP contribution is 2.40. The molecule has 0 aromatic carbocycles. The minimum absolute atomic E-state index is 0.0276. The lowest BCUT2D eigenvalue weighted by Gasteiger charge is -2.40. The highest BCUT2D eigenvalue weighted by atomic mass is 35.5. The van der Waals surface area contributed by atoms with Gasteiger partial charge in [0, 0.05) is 27.2 Å². The molecule has 2 aliphatic rings. The Labute approximate surface area is 132 Å². The first-order chi connectivity index (χ1) is 10.2. The van der Waals surface area contributed by atoms with Crippen LogP contribution < -0.4 is 0 Å². The van der Waals surface area contributed by atoms with E-state index in [-0.39, 0.29) is 18.1 Å². The molecule has 1 heterocycles. The van der Waals surface area contributed by atoms with Crippen molar-refractivity contribution in [2.45, 2.75) is 57.0 Å². The lowest BCUT2D eigenvalue weighted by Crippen LogP contribution is -2.43. The summed E-state index contributed by atoms with van der Waals surface area (Å²) in [7, 11) is 5.11. The molecule has 0 aromatic heterocycles. The van der Waals surface area contributed by atoms with Crippen LogP contribution in [0.25, 0.3) is 0 Å². The van der Waals surface area contributed by atoms with E-state index in [1.54, 1.807) is 21.3 Å². The average Bonchev–Trinajstić information content (AvgIpc) is 2.49. The first-order valence-corrected chi connectivity index (χ1v) is 8.20. The number of halogens is 1. The highest BCUT2D eigenvalue weighted by Gasteiger charge is 2.40. The predicted octanol–water partition coefficient (Wildman–Crippen LogP) is 3.48. The molecule has 21 heavy (non-hydrogen) atoms. The molecular formula is C16H27ClO4. The Kier molecular flexibility index (Phi) is 6.96. The summed E-state index contributed by atoms with van der Waals surface area (Å²) in [6.07, 6.45) is 6.45. The lowest BCUT2D eigenvalue weighted by atomic mass is 9.82. The van der Waals surface area contributed by atoms with Crippen molar-refractivity contribution in [2.75, 3.05) is 27.9 Å². The van der Waals surface area contributed by atoms with Gasteiger partial charge in [-0.1, -0.05) is 37.3 Å². The molecule has 0 unspecified atom stereocenters. The molecule has 4 nitrogen and oxygen atoms in total. The van der Waals surface area contributed by atoms with Crippen molar-refractivity contribution in [3.63, 3.8) is 0 Å². The summed E-state index contributed by atoms with van der Waals surface area (Å²) in [5.41, 5.74) is 1.12. The molecule has 2 rings (SSSR count). The molecule has 0 saturated heterocycles. The second-order valence-corrected chi connectivity index (χ2v) is 6.23. The summed E-state index contributed by atoms with van der Waals surface area (Å²) >= 11 is 6.57. The van der Waals surface area contributed by atoms with Crippen LogP contribution in [0.5, 0.6) is 0 Å². The van der Waals surface area contributed by atoms with Gasteiger partial charge in [-0.05, 0) is 18.4 Å². The van der Waals surface area contributed by atoms with Crippen LogP contribution in [0.1, 0.15) is 38.5 Å². The van der Waals surface area contributed by atoms with Gasteiger partial charge in [0.2, 0.25) is 0 Å². The first-order valence-electron chi connectivity index (χ1n) is 7.82. The van der Waals surface area contributed by atoms with Gasteiger partial charge < -0.3 is 18.9 Å². The van der Waals surface area contributed by atoms with E-state index < -0.39 is 6.29 Å². The number of ether oxygens (including phenoxy) is 4. The van der Waals surface area contributed by atoms with Gasteiger partial charge in [0.05, 0.1) is 23.8 Å². The fourth-order valence-electron chi connectivity index (χ4n) is 3.45. The first kappa shape index (κ1) is 17.2. The molecule has 1 saturated carbocycles. The predicted molar refractivity (Wildman–Crippen MR) is 82.4 cm³/mol. The zero-order valence-electron chi connectivity index (χ0n) is 13.3. The lowest BCUT2D eigenvalue weighted by molar-refractivity contribution is -0.161. The summed E-state index contributed by atoms with van der Waals surface area (Å²) in [5.74, 6) is 0.150. The van der Waals surface area contributed by atoms with Gasteiger partial charge in [-0.3, -0.25) is 0 Å². The van der Waals surface area contributed by atoms with E-state index in [1.165, 1.54) is 19.3 Å². The molecule has 5 heteroatoms. The van der Waals surface area contributed by atoms with E-state index in [0.717, 1.165) is 24.8 Å². The number of hydrogen-bond acceptors (Lipinski definition) is 4. The molecule has 4 atom stereocenters. The Morgan fingerprint density at radius 1 is 1.05 bits per heavy atom. The zero-order valence-corrected chi connectivity index (χ0v) is 14.0. The van der Waals surface area contributed by atoms with Crippen molar-refractivity contribution >= 4 is 11.6 Å². The molecule has 122 valence electrons. The van der Waals surface area contributed by atoms with Gasteiger partial charge in [0.25, 0.3) is 0 Å². The number of hydrogen-bond donors (Lipinski definition) is 0. The van der Waals surface area contributed by atoms with Crippen molar-refractivity contribution in [1.82, 2.24) is 0 Å². The van der Waals surface area contributed by atoms with Crippen molar-refractivity contribution in [3.05, 3.63) is 10.6 Å². The van der Waals surface area contributed by atoms with Gasteiger partial charge in [-0.15, -0.1) is 0 Å². The van der Waals surface area contributed by atoms with Crippen LogP contribution in [0.2, 0.25) is 0 Å². The van der Waals surface area contributed by atoms with Gasteiger partial charge in [-0.25, -0.2) is 0 Å². The van der Waals surface area contributed by atoms with Gasteiger partial charge >= 0.3 is 0 Å². The molecule has 1 aliphatic heterocycles. The maximum atomic E-state index is 6.57. The van der Waals surface area contributed by atoms with Crippen molar-refractivity contribution in [1.29, 1.82) is 0 Å². The highest BCUT2D eigenvalue weighted by molar-refractivity contribution is 6.30. The van der Waals surface area contributed by atoms with E-state index >= 15 is 0 Å². The van der Waals surface area contributed by atoms with E-state index in [1.807, 2.05) is 0 Å². The molecule has 0 spiro atoms. The molecule has 0 aromatic rings. The van der Waals surface area contributed by atoms with Crippen LogP contribution in [0.3, 0.4) is 0 Å². The van der Waals surface area contributed by atoms with Crippen LogP contribution in [0.15, 0.2) is 10.6 Å². The third-order valence-electron chi connectivity index (χ3n) is 4.53. The van der Waals surface area contributed by atoms with Crippen molar-refractivity contribution < 1.29 is 18.9 Å². The molecule has 0 radical (unpaired) electrons. The molecule has 1 fully saturated rings. The van der Waals surface area contributed by atoms with E-state index in [0.29, 0.717) is 11.6 Å².